The molecule has 39 heavy (non-hydrogen) atoms. The van der Waals surface area contributed by atoms with E-state index in [1.807, 2.05) is 18.6 Å². The Morgan fingerprint density at radius 3 is 2.31 bits per heavy atom. The molecule has 3 aromatic rings. The van der Waals surface area contributed by atoms with Crippen LogP contribution in [-0.2, 0) is 14.8 Å². The van der Waals surface area contributed by atoms with Crippen LogP contribution in [0, 0.1) is 5.92 Å². The molecule has 0 bridgehead atoms. The molecule has 4 N–H and O–H groups in total. The number of benzene rings is 2. The van der Waals surface area contributed by atoms with Crippen LogP contribution in [0.15, 0.2) is 58.8 Å². The van der Waals surface area contributed by atoms with E-state index in [1.54, 1.807) is 37.4 Å². The van der Waals surface area contributed by atoms with Gasteiger partial charge in [0.1, 0.15) is 4.21 Å². The van der Waals surface area contributed by atoms with E-state index in [9.17, 15) is 22.8 Å². The second-order valence-corrected chi connectivity index (χ2v) is 12.0. The van der Waals surface area contributed by atoms with Crippen LogP contribution < -0.4 is 25.6 Å². The first kappa shape index (κ1) is 29.9. The molecular formula is C26H30ClN5O5S2. The van der Waals surface area contributed by atoms with E-state index in [4.69, 9.17) is 11.6 Å². The van der Waals surface area contributed by atoms with Gasteiger partial charge in [0.2, 0.25) is 6.41 Å². The molecule has 0 spiro atoms. The van der Waals surface area contributed by atoms with Crippen molar-refractivity contribution in [3.05, 3.63) is 64.5 Å². The van der Waals surface area contributed by atoms with Crippen molar-refractivity contribution < 1.29 is 22.8 Å². The standard InChI is InChI=1S/C24H24ClN5O5S2.C2H6/c1-30(23(32)19-9-6-17(12-20(19)27-14-31)26-13-15-2-3-15)18-7-4-16(5-8-18)28-24(33)29-37(34,35)22-11-10-21(25)36-22;1-2/h4-12,14-15,26H,2-3,13H2,1H3,(H,27,31)(H2,28,29,33);1-2H3. The average Bonchev–Trinajstić information content (AvgIpc) is 3.65. The topological polar surface area (TPSA) is 137 Å². The minimum Gasteiger partial charge on any atom is -0.385 e. The number of thiophene rings is 1. The summed E-state index contributed by atoms with van der Waals surface area (Å²) >= 11 is 6.60. The lowest BCUT2D eigenvalue weighted by atomic mass is 10.1. The molecule has 1 aromatic heterocycles. The van der Waals surface area contributed by atoms with Crippen LogP contribution in [0.1, 0.15) is 37.0 Å². The van der Waals surface area contributed by atoms with Crippen molar-refractivity contribution in [2.45, 2.75) is 30.9 Å². The van der Waals surface area contributed by atoms with Crippen molar-refractivity contribution in [1.29, 1.82) is 0 Å². The molecule has 1 aliphatic carbocycles. The van der Waals surface area contributed by atoms with Gasteiger partial charge in [-0.25, -0.2) is 17.9 Å². The molecule has 1 aliphatic rings. The number of hydrogen-bond acceptors (Lipinski definition) is 7. The van der Waals surface area contributed by atoms with Crippen molar-refractivity contribution in [3.8, 4) is 0 Å². The summed E-state index contributed by atoms with van der Waals surface area (Å²) in [6, 6.07) is 13.2. The van der Waals surface area contributed by atoms with Crippen LogP contribution in [0.3, 0.4) is 0 Å². The fraction of sp³-hybridized carbons (Fsp3) is 0.269. The molecule has 2 aromatic carbocycles. The molecule has 208 valence electrons. The molecular weight excluding hydrogens is 562 g/mol. The van der Waals surface area contributed by atoms with Crippen LogP contribution in [0.2, 0.25) is 4.34 Å². The Labute approximate surface area is 236 Å². The van der Waals surface area contributed by atoms with Crippen molar-refractivity contribution in [2.75, 3.05) is 34.4 Å². The van der Waals surface area contributed by atoms with Gasteiger partial charge in [0.15, 0.2) is 0 Å². The second kappa shape index (κ2) is 13.5. The summed E-state index contributed by atoms with van der Waals surface area (Å²) in [4.78, 5) is 37.9. The van der Waals surface area contributed by atoms with Crippen LogP contribution in [0.4, 0.5) is 27.5 Å². The molecule has 13 heteroatoms. The minimum absolute atomic E-state index is 0.0849. The van der Waals surface area contributed by atoms with Crippen LogP contribution in [0.5, 0.6) is 0 Å². The molecule has 0 unspecified atom stereocenters. The maximum absolute atomic E-state index is 13.2. The quantitative estimate of drug-likeness (QED) is 0.226. The van der Waals surface area contributed by atoms with Gasteiger partial charge in [0, 0.05) is 30.7 Å². The lowest BCUT2D eigenvalue weighted by Crippen LogP contribution is -2.34. The summed E-state index contributed by atoms with van der Waals surface area (Å²) in [5.74, 6) is 0.320. The van der Waals surface area contributed by atoms with Crippen LogP contribution >= 0.6 is 22.9 Å². The van der Waals surface area contributed by atoms with Gasteiger partial charge in [-0.3, -0.25) is 9.59 Å². The average molecular weight is 592 g/mol. The summed E-state index contributed by atoms with van der Waals surface area (Å²) in [5.41, 5.74) is 2.34. The summed E-state index contributed by atoms with van der Waals surface area (Å²) in [7, 11) is -2.47. The monoisotopic (exact) mass is 591 g/mol. The van der Waals surface area contributed by atoms with E-state index in [1.165, 1.54) is 42.0 Å². The Kier molecular flexibility index (Phi) is 10.3. The van der Waals surface area contributed by atoms with Gasteiger partial charge in [-0.05, 0) is 73.4 Å². The Bertz CT molecular complexity index is 1420. The van der Waals surface area contributed by atoms with Crippen molar-refractivity contribution >= 4 is 74.1 Å². The van der Waals surface area contributed by atoms with E-state index in [0.29, 0.717) is 35.0 Å². The smallest absolute Gasteiger partial charge is 0.333 e. The van der Waals surface area contributed by atoms with Gasteiger partial charge in [-0.1, -0.05) is 25.4 Å². The van der Waals surface area contributed by atoms with Gasteiger partial charge >= 0.3 is 6.03 Å². The maximum atomic E-state index is 13.2. The largest absolute Gasteiger partial charge is 0.385 e. The van der Waals surface area contributed by atoms with Crippen LogP contribution in [-0.4, -0.2) is 40.4 Å². The number of rotatable bonds is 10. The Hall–Kier alpha value is -3.61. The lowest BCUT2D eigenvalue weighted by Gasteiger charge is -2.20. The predicted octanol–water partition coefficient (Wildman–Crippen LogP) is 5.60. The Balaban J connectivity index is 0.00000205. The molecule has 10 nitrogen and oxygen atoms in total. The first-order chi connectivity index (χ1) is 18.7. The van der Waals surface area contributed by atoms with E-state index in [2.05, 4.69) is 16.0 Å². The highest BCUT2D eigenvalue weighted by Crippen LogP contribution is 2.30. The first-order valence-electron chi connectivity index (χ1n) is 12.2. The van der Waals surface area contributed by atoms with E-state index in [0.717, 1.165) is 23.6 Å². The SMILES string of the molecule is CC.CN(C(=O)c1ccc(NCC2CC2)cc1NC=O)c1ccc(NC(=O)NS(=O)(=O)c2ccc(Cl)s2)cc1. The third kappa shape index (κ3) is 8.19. The lowest BCUT2D eigenvalue weighted by molar-refractivity contribution is -0.105. The number of amides is 4. The molecule has 0 aliphatic heterocycles. The molecule has 4 amide bonds. The molecule has 1 fully saturated rings. The number of anilines is 4. The number of urea groups is 1. The van der Waals surface area contributed by atoms with Crippen molar-refractivity contribution in [2.24, 2.45) is 5.92 Å². The first-order valence-corrected chi connectivity index (χ1v) is 14.9. The maximum Gasteiger partial charge on any atom is 0.333 e. The highest BCUT2D eigenvalue weighted by molar-refractivity contribution is 7.92. The molecule has 0 atom stereocenters. The number of carbonyl (C=O) groups excluding carboxylic acids is 3. The number of nitrogens with one attached hydrogen (secondary N) is 4. The Morgan fingerprint density at radius 2 is 1.72 bits per heavy atom. The predicted molar refractivity (Wildman–Crippen MR) is 157 cm³/mol. The zero-order chi connectivity index (χ0) is 28.6. The summed E-state index contributed by atoms with van der Waals surface area (Å²) in [6.45, 7) is 4.85. The highest BCUT2D eigenvalue weighted by Gasteiger charge is 2.22. The number of hydrogen-bond donors (Lipinski definition) is 4. The second-order valence-electron chi connectivity index (χ2n) is 8.38. The fourth-order valence-corrected chi connectivity index (χ4v) is 5.84. The molecule has 1 saturated carbocycles. The number of halogens is 1. The van der Waals surface area contributed by atoms with Crippen molar-refractivity contribution in [1.82, 2.24) is 4.72 Å². The van der Waals surface area contributed by atoms with Gasteiger partial charge in [-0.2, -0.15) is 0 Å². The Morgan fingerprint density at radius 1 is 1.05 bits per heavy atom. The summed E-state index contributed by atoms with van der Waals surface area (Å²) in [5, 5.41) is 8.35. The molecule has 0 saturated heterocycles. The van der Waals surface area contributed by atoms with Crippen molar-refractivity contribution in [3.63, 3.8) is 0 Å². The number of carbonyl (C=O) groups is 3. The molecule has 1 heterocycles. The summed E-state index contributed by atoms with van der Waals surface area (Å²) < 4.78 is 26.7. The van der Waals surface area contributed by atoms with Gasteiger partial charge in [0.05, 0.1) is 15.6 Å². The van der Waals surface area contributed by atoms with E-state index in [-0.39, 0.29) is 14.5 Å². The number of nitrogens with zero attached hydrogens (tertiary/aromatic N) is 1. The van der Waals surface area contributed by atoms with Gasteiger partial charge in [-0.15, -0.1) is 11.3 Å². The zero-order valence-electron chi connectivity index (χ0n) is 21.7. The summed E-state index contributed by atoms with van der Waals surface area (Å²) in [6.07, 6.45) is 2.93. The highest BCUT2D eigenvalue weighted by atomic mass is 35.5. The van der Waals surface area contributed by atoms with Gasteiger partial charge < -0.3 is 20.9 Å². The zero-order valence-corrected chi connectivity index (χ0v) is 24.0. The normalized spacial score (nSPS) is 12.4. The van der Waals surface area contributed by atoms with E-state index < -0.39 is 16.1 Å². The molecule has 0 radical (unpaired) electrons. The third-order valence-corrected chi connectivity index (χ3v) is 8.67. The van der Waals surface area contributed by atoms with Gasteiger partial charge in [0.25, 0.3) is 15.9 Å². The fourth-order valence-electron chi connectivity index (χ4n) is 3.45. The number of sulfonamides is 1. The van der Waals surface area contributed by atoms with Crippen LogP contribution in [0.25, 0.3) is 0 Å². The molecule has 4 rings (SSSR count). The van der Waals surface area contributed by atoms with E-state index >= 15 is 0 Å². The minimum atomic E-state index is -4.06. The third-order valence-electron chi connectivity index (χ3n) is 5.61.